The third kappa shape index (κ3) is 3.46. The maximum absolute atomic E-state index is 13.8. The summed E-state index contributed by atoms with van der Waals surface area (Å²) in [4.78, 5) is 14.3. The minimum atomic E-state index is -3.65. The van der Waals surface area contributed by atoms with E-state index in [0.29, 0.717) is 0 Å². The van der Waals surface area contributed by atoms with E-state index in [2.05, 4.69) is 20.6 Å². The van der Waals surface area contributed by atoms with Crippen molar-refractivity contribution in [3.8, 4) is 11.4 Å². The Labute approximate surface area is 124 Å². The molecule has 0 aliphatic carbocycles. The summed E-state index contributed by atoms with van der Waals surface area (Å²) in [6.45, 7) is 0. The van der Waals surface area contributed by atoms with E-state index in [-0.39, 0.29) is 22.9 Å². The molecule has 12 heteroatoms. The second-order valence-electron chi connectivity index (χ2n) is 4.25. The summed E-state index contributed by atoms with van der Waals surface area (Å²) < 4.78 is 39.1. The molecule has 2 aromatic heterocycles. The average molecular weight is 330 g/mol. The zero-order valence-electron chi connectivity index (χ0n) is 11.4. The zero-order valence-corrected chi connectivity index (χ0v) is 12.2. The van der Waals surface area contributed by atoms with Gasteiger partial charge in [0.15, 0.2) is 11.5 Å². The van der Waals surface area contributed by atoms with Crippen LogP contribution in [0.3, 0.4) is 0 Å². The van der Waals surface area contributed by atoms with E-state index in [0.717, 1.165) is 17.0 Å². The van der Waals surface area contributed by atoms with Gasteiger partial charge < -0.3 is 5.11 Å². The van der Waals surface area contributed by atoms with Crippen molar-refractivity contribution in [2.75, 3.05) is 16.3 Å². The molecule has 0 unspecified atom stereocenters. The average Bonchev–Trinajstić information content (AvgIpc) is 2.72. The van der Waals surface area contributed by atoms with Crippen LogP contribution in [0.4, 0.5) is 20.7 Å². The number of hydrogen-bond donors (Lipinski definition) is 3. The molecule has 1 amide bonds. The topological polar surface area (TPSA) is 139 Å². The molecule has 0 radical (unpaired) electrons. The number of carboxylic acid groups (broad SMARTS) is 1. The lowest BCUT2D eigenvalue weighted by Crippen LogP contribution is -2.13. The monoisotopic (exact) mass is 330 g/mol. The summed E-state index contributed by atoms with van der Waals surface area (Å²) >= 11 is 0. The summed E-state index contributed by atoms with van der Waals surface area (Å²) in [6, 6.07) is 2.44. The lowest BCUT2D eigenvalue weighted by molar-refractivity contribution is 0.209. The molecule has 0 aliphatic heterocycles. The molecular formula is C10H11FN6O4S. The number of amides is 1. The van der Waals surface area contributed by atoms with Gasteiger partial charge in [-0.05, 0) is 12.1 Å². The molecule has 0 aromatic carbocycles. The molecule has 2 rings (SSSR count). The normalized spacial score (nSPS) is 11.2. The van der Waals surface area contributed by atoms with E-state index in [1.54, 1.807) is 0 Å². The van der Waals surface area contributed by atoms with Gasteiger partial charge in [-0.1, -0.05) is 5.21 Å². The third-order valence-corrected chi connectivity index (χ3v) is 3.03. The lowest BCUT2D eigenvalue weighted by Gasteiger charge is -2.07. The van der Waals surface area contributed by atoms with Crippen LogP contribution in [0.25, 0.3) is 11.4 Å². The summed E-state index contributed by atoms with van der Waals surface area (Å²) in [5, 5.41) is 18.2. The van der Waals surface area contributed by atoms with Crippen LogP contribution in [0.5, 0.6) is 0 Å². The fraction of sp³-hybridized carbons (Fsp3) is 0.200. The molecule has 10 nitrogen and oxygen atoms in total. The largest absolute Gasteiger partial charge is 0.465 e. The van der Waals surface area contributed by atoms with Crippen LogP contribution in [0, 0.1) is 5.95 Å². The molecule has 0 bridgehead atoms. The summed E-state index contributed by atoms with van der Waals surface area (Å²) in [6.07, 6.45) is -0.472. The molecule has 0 aliphatic rings. The number of nitrogens with one attached hydrogen (secondary N) is 2. The van der Waals surface area contributed by atoms with Crippen molar-refractivity contribution >= 4 is 27.6 Å². The van der Waals surface area contributed by atoms with Gasteiger partial charge in [-0.2, -0.15) is 4.39 Å². The molecular weight excluding hydrogens is 319 g/mol. The van der Waals surface area contributed by atoms with Crippen molar-refractivity contribution < 1.29 is 22.7 Å². The lowest BCUT2D eigenvalue weighted by atomic mass is 10.2. The van der Waals surface area contributed by atoms with Gasteiger partial charge in [0.1, 0.15) is 5.69 Å². The quantitative estimate of drug-likeness (QED) is 0.693. The number of aromatic nitrogens is 4. The van der Waals surface area contributed by atoms with Crippen LogP contribution in [0.2, 0.25) is 0 Å². The van der Waals surface area contributed by atoms with Gasteiger partial charge in [-0.3, -0.25) is 10.0 Å². The first-order valence-electron chi connectivity index (χ1n) is 5.71. The van der Waals surface area contributed by atoms with Crippen molar-refractivity contribution in [3.05, 3.63) is 18.1 Å². The molecule has 118 valence electrons. The molecule has 0 saturated heterocycles. The highest BCUT2D eigenvalue weighted by atomic mass is 32.2. The van der Waals surface area contributed by atoms with Gasteiger partial charge in [0, 0.05) is 7.05 Å². The highest BCUT2D eigenvalue weighted by Crippen LogP contribution is 2.25. The molecule has 0 spiro atoms. The first kappa shape index (κ1) is 15.6. The van der Waals surface area contributed by atoms with E-state index < -0.39 is 22.1 Å². The van der Waals surface area contributed by atoms with E-state index in [1.165, 1.54) is 13.1 Å². The number of nitrogens with zero attached hydrogens (tertiary/aromatic N) is 4. The van der Waals surface area contributed by atoms with E-state index in [9.17, 15) is 17.6 Å². The second kappa shape index (κ2) is 5.55. The van der Waals surface area contributed by atoms with E-state index in [4.69, 9.17) is 5.11 Å². The predicted molar refractivity (Wildman–Crippen MR) is 74.3 cm³/mol. The summed E-state index contributed by atoms with van der Waals surface area (Å²) in [5.74, 6) is -1.07. The van der Waals surface area contributed by atoms with Crippen molar-refractivity contribution in [2.45, 2.75) is 0 Å². The number of hydrogen-bond acceptors (Lipinski definition) is 6. The SMILES string of the molecule is Cn1nnc(-c2ccc(NS(C)(=O)=O)c(F)n2)c1NC(=O)O. The van der Waals surface area contributed by atoms with E-state index >= 15 is 0 Å². The number of halogens is 1. The Morgan fingerprint density at radius 1 is 1.41 bits per heavy atom. The van der Waals surface area contributed by atoms with Gasteiger partial charge in [0.2, 0.25) is 16.0 Å². The fourth-order valence-corrected chi connectivity index (χ4v) is 2.16. The Hall–Kier alpha value is -2.76. The van der Waals surface area contributed by atoms with Crippen molar-refractivity contribution in [2.24, 2.45) is 7.05 Å². The van der Waals surface area contributed by atoms with Gasteiger partial charge in [-0.25, -0.2) is 22.9 Å². The van der Waals surface area contributed by atoms with Crippen LogP contribution in [-0.2, 0) is 17.1 Å². The first-order valence-corrected chi connectivity index (χ1v) is 7.61. The second-order valence-corrected chi connectivity index (χ2v) is 6.00. The van der Waals surface area contributed by atoms with Crippen LogP contribution < -0.4 is 10.0 Å². The van der Waals surface area contributed by atoms with Gasteiger partial charge in [0.25, 0.3) is 0 Å². The number of pyridine rings is 1. The molecule has 0 saturated carbocycles. The molecule has 22 heavy (non-hydrogen) atoms. The maximum atomic E-state index is 13.8. The smallest absolute Gasteiger partial charge is 0.410 e. The van der Waals surface area contributed by atoms with Crippen LogP contribution in [-0.4, -0.2) is 45.9 Å². The number of anilines is 2. The predicted octanol–water partition coefficient (Wildman–Crippen LogP) is 0.478. The van der Waals surface area contributed by atoms with Crippen molar-refractivity contribution in [1.82, 2.24) is 20.0 Å². The zero-order chi connectivity index (χ0) is 16.5. The summed E-state index contributed by atoms with van der Waals surface area (Å²) in [7, 11) is -2.21. The van der Waals surface area contributed by atoms with Crippen molar-refractivity contribution in [1.29, 1.82) is 0 Å². The minimum Gasteiger partial charge on any atom is -0.465 e. The molecule has 2 aromatic rings. The summed E-state index contributed by atoms with van der Waals surface area (Å²) in [5.41, 5.74) is -0.328. The number of carbonyl (C=O) groups is 1. The Bertz CT molecular complexity index is 834. The van der Waals surface area contributed by atoms with Crippen molar-refractivity contribution in [3.63, 3.8) is 0 Å². The van der Waals surface area contributed by atoms with Gasteiger partial charge in [0.05, 0.1) is 11.9 Å². The molecule has 0 atom stereocenters. The number of aryl methyl sites for hydroxylation is 1. The number of sulfonamides is 1. The fourth-order valence-electron chi connectivity index (χ4n) is 1.61. The Morgan fingerprint density at radius 3 is 2.64 bits per heavy atom. The van der Waals surface area contributed by atoms with E-state index in [1.807, 2.05) is 4.72 Å². The highest BCUT2D eigenvalue weighted by molar-refractivity contribution is 7.92. The molecule has 2 heterocycles. The minimum absolute atomic E-state index is 0.00298. The Morgan fingerprint density at radius 2 is 2.09 bits per heavy atom. The van der Waals surface area contributed by atoms with Gasteiger partial charge >= 0.3 is 6.09 Å². The van der Waals surface area contributed by atoms with Crippen LogP contribution in [0.1, 0.15) is 0 Å². The maximum Gasteiger partial charge on any atom is 0.410 e. The Balaban J connectivity index is 2.43. The van der Waals surface area contributed by atoms with Crippen LogP contribution in [0.15, 0.2) is 12.1 Å². The molecule has 0 fully saturated rings. The first-order chi connectivity index (χ1) is 10.2. The van der Waals surface area contributed by atoms with Gasteiger partial charge in [-0.15, -0.1) is 5.10 Å². The number of rotatable bonds is 4. The Kier molecular flexibility index (Phi) is 3.95. The third-order valence-electron chi connectivity index (χ3n) is 2.44. The molecule has 3 N–H and O–H groups in total. The highest BCUT2D eigenvalue weighted by Gasteiger charge is 2.18. The van der Waals surface area contributed by atoms with Crippen LogP contribution >= 0.6 is 0 Å². The standard InChI is InChI=1S/C10H11FN6O4S/c1-17-9(13-10(18)19)7(14-16-17)5-3-4-6(8(11)12-5)15-22(2,20)21/h3-4,13,15H,1-2H3,(H,18,19).